The maximum Gasteiger partial charge on any atom is 0.262 e. The first-order valence-electron chi connectivity index (χ1n) is 10.7. The van der Waals surface area contributed by atoms with Gasteiger partial charge in [-0.1, -0.05) is 71.9 Å². The Labute approximate surface area is 206 Å². The Kier molecular flexibility index (Phi) is 7.63. The molecular weight excluding hydrogens is 468 g/mol. The minimum atomic E-state index is -0.289. The molecule has 1 heterocycles. The van der Waals surface area contributed by atoms with Crippen molar-refractivity contribution in [1.29, 1.82) is 5.26 Å². The molecule has 4 aromatic rings. The van der Waals surface area contributed by atoms with Crippen LogP contribution in [0.2, 0.25) is 5.02 Å². The van der Waals surface area contributed by atoms with Crippen LogP contribution in [0.25, 0.3) is 10.9 Å². The zero-order chi connectivity index (χ0) is 23.9. The Bertz CT molecular complexity index is 1430. The normalized spacial score (nSPS) is 10.7. The highest BCUT2D eigenvalue weighted by Gasteiger charge is 2.14. The molecule has 0 saturated heterocycles. The Morgan fingerprint density at radius 2 is 1.85 bits per heavy atom. The molecule has 1 aromatic heterocycles. The summed E-state index contributed by atoms with van der Waals surface area (Å²) >= 11 is 7.37. The Morgan fingerprint density at radius 1 is 1.09 bits per heavy atom. The zero-order valence-electron chi connectivity index (χ0n) is 18.2. The third-order valence-corrected chi connectivity index (χ3v) is 6.52. The Balaban J connectivity index is 1.61. The van der Waals surface area contributed by atoms with Crippen molar-refractivity contribution in [3.63, 3.8) is 0 Å². The van der Waals surface area contributed by atoms with Crippen LogP contribution >= 0.6 is 23.4 Å². The number of nitriles is 1. The molecule has 6 nitrogen and oxygen atoms in total. The first kappa shape index (κ1) is 23.6. The van der Waals surface area contributed by atoms with Gasteiger partial charge in [-0.3, -0.25) is 14.2 Å². The van der Waals surface area contributed by atoms with Crippen LogP contribution in [0, 0.1) is 11.3 Å². The van der Waals surface area contributed by atoms with Gasteiger partial charge in [0.1, 0.15) is 0 Å². The summed E-state index contributed by atoms with van der Waals surface area (Å²) in [5.74, 6) is -0.121. The molecule has 1 N–H and O–H groups in total. The van der Waals surface area contributed by atoms with Crippen LogP contribution in [0.5, 0.6) is 0 Å². The van der Waals surface area contributed by atoms with E-state index in [-0.39, 0.29) is 23.8 Å². The van der Waals surface area contributed by atoms with Crippen LogP contribution in [-0.2, 0) is 19.5 Å². The SMILES string of the molecule is N#CCSc1nc2cc(C(=O)NCc3ccccc3Cl)ccc2c(=O)n1CCc1ccccc1. The summed E-state index contributed by atoms with van der Waals surface area (Å²) in [6.07, 6.45) is 0.663. The number of aromatic nitrogens is 2. The molecule has 0 saturated carbocycles. The number of aryl methyl sites for hydroxylation is 1. The zero-order valence-corrected chi connectivity index (χ0v) is 19.8. The minimum absolute atomic E-state index is 0.168. The molecule has 0 spiro atoms. The average molecular weight is 489 g/mol. The highest BCUT2D eigenvalue weighted by molar-refractivity contribution is 7.99. The maximum atomic E-state index is 13.3. The molecule has 34 heavy (non-hydrogen) atoms. The fourth-order valence-corrected chi connectivity index (χ4v) is 4.44. The monoisotopic (exact) mass is 488 g/mol. The van der Waals surface area contributed by atoms with Crippen LogP contribution < -0.4 is 10.9 Å². The number of hydrogen-bond acceptors (Lipinski definition) is 5. The van der Waals surface area contributed by atoms with Gasteiger partial charge in [0.2, 0.25) is 0 Å². The molecule has 4 rings (SSSR count). The number of nitrogens with one attached hydrogen (secondary N) is 1. The van der Waals surface area contributed by atoms with E-state index in [9.17, 15) is 9.59 Å². The molecule has 0 aliphatic heterocycles. The van der Waals surface area contributed by atoms with Gasteiger partial charge in [-0.2, -0.15) is 5.26 Å². The molecule has 0 unspecified atom stereocenters. The van der Waals surface area contributed by atoms with E-state index in [1.54, 1.807) is 28.8 Å². The van der Waals surface area contributed by atoms with Crippen molar-refractivity contribution >= 4 is 40.2 Å². The number of amides is 1. The van der Waals surface area contributed by atoms with E-state index in [0.717, 1.165) is 11.1 Å². The Morgan fingerprint density at radius 3 is 2.62 bits per heavy atom. The molecule has 1 amide bonds. The predicted octanol–water partition coefficient (Wildman–Crippen LogP) is 4.84. The number of fused-ring (bicyclic) bond motifs is 1. The van der Waals surface area contributed by atoms with Gasteiger partial charge in [-0.05, 0) is 41.8 Å². The van der Waals surface area contributed by atoms with Gasteiger partial charge in [0, 0.05) is 23.7 Å². The maximum absolute atomic E-state index is 13.3. The van der Waals surface area contributed by atoms with E-state index < -0.39 is 0 Å². The number of halogens is 1. The van der Waals surface area contributed by atoms with E-state index in [1.165, 1.54) is 11.8 Å². The van der Waals surface area contributed by atoms with Gasteiger partial charge < -0.3 is 5.32 Å². The molecule has 8 heteroatoms. The summed E-state index contributed by atoms with van der Waals surface area (Å²) in [4.78, 5) is 30.6. The first-order valence-corrected chi connectivity index (χ1v) is 12.0. The van der Waals surface area contributed by atoms with E-state index >= 15 is 0 Å². The van der Waals surface area contributed by atoms with Crippen molar-refractivity contribution in [2.45, 2.75) is 24.7 Å². The number of carbonyl (C=O) groups excluding carboxylic acids is 1. The van der Waals surface area contributed by atoms with Crippen molar-refractivity contribution < 1.29 is 4.79 Å². The van der Waals surface area contributed by atoms with E-state index in [0.29, 0.717) is 39.6 Å². The molecular formula is C26H21ClN4O2S. The molecule has 0 bridgehead atoms. The molecule has 0 aliphatic carbocycles. The van der Waals surface area contributed by atoms with Crippen LogP contribution in [0.3, 0.4) is 0 Å². The highest BCUT2D eigenvalue weighted by atomic mass is 35.5. The number of thioether (sulfide) groups is 1. The fourth-order valence-electron chi connectivity index (χ4n) is 3.55. The summed E-state index contributed by atoms with van der Waals surface area (Å²) in [7, 11) is 0. The van der Waals surface area contributed by atoms with Crippen LogP contribution in [0.15, 0.2) is 82.7 Å². The number of nitrogens with zero attached hydrogens (tertiary/aromatic N) is 3. The summed E-state index contributed by atoms with van der Waals surface area (Å²) in [5, 5.41) is 13.4. The molecule has 0 radical (unpaired) electrons. The molecule has 170 valence electrons. The van der Waals surface area contributed by atoms with E-state index in [4.69, 9.17) is 16.9 Å². The summed E-state index contributed by atoms with van der Waals surface area (Å²) in [5.41, 5.74) is 2.55. The largest absolute Gasteiger partial charge is 0.348 e. The number of rotatable bonds is 8. The van der Waals surface area contributed by atoms with Gasteiger partial charge >= 0.3 is 0 Å². The average Bonchev–Trinajstić information content (AvgIpc) is 2.86. The standard InChI is InChI=1S/C26H21ClN4O2S/c27-22-9-5-4-8-20(22)17-29-24(32)19-10-11-21-23(16-19)30-26(34-15-13-28)31(25(21)33)14-12-18-6-2-1-3-7-18/h1-11,16H,12,14-15,17H2,(H,29,32). The lowest BCUT2D eigenvalue weighted by Crippen LogP contribution is -2.25. The second-order valence-electron chi connectivity index (χ2n) is 7.54. The van der Waals surface area contributed by atoms with Crippen molar-refractivity contribution in [3.05, 3.63) is 105 Å². The van der Waals surface area contributed by atoms with Crippen molar-refractivity contribution in [3.8, 4) is 6.07 Å². The third kappa shape index (κ3) is 5.48. The van der Waals surface area contributed by atoms with Gasteiger partial charge in [-0.25, -0.2) is 4.98 Å². The lowest BCUT2D eigenvalue weighted by Gasteiger charge is -2.13. The topological polar surface area (TPSA) is 87.8 Å². The molecule has 0 aliphatic rings. The molecule has 3 aromatic carbocycles. The highest BCUT2D eigenvalue weighted by Crippen LogP contribution is 2.20. The first-order chi connectivity index (χ1) is 16.6. The van der Waals surface area contributed by atoms with Crippen molar-refractivity contribution in [2.24, 2.45) is 0 Å². The van der Waals surface area contributed by atoms with Crippen LogP contribution in [0.4, 0.5) is 0 Å². The number of benzene rings is 3. The smallest absolute Gasteiger partial charge is 0.262 e. The van der Waals surface area contributed by atoms with Gasteiger partial charge in [0.15, 0.2) is 5.16 Å². The lowest BCUT2D eigenvalue weighted by molar-refractivity contribution is 0.0951. The summed E-state index contributed by atoms with van der Waals surface area (Å²) < 4.78 is 1.61. The van der Waals surface area contributed by atoms with Crippen LogP contribution in [-0.4, -0.2) is 21.2 Å². The second kappa shape index (κ2) is 11.0. The van der Waals surface area contributed by atoms with Crippen LogP contribution in [0.1, 0.15) is 21.5 Å². The van der Waals surface area contributed by atoms with Gasteiger partial charge in [0.05, 0.1) is 22.7 Å². The van der Waals surface area contributed by atoms with Crippen molar-refractivity contribution in [1.82, 2.24) is 14.9 Å². The Hall–Kier alpha value is -3.60. The van der Waals surface area contributed by atoms with Crippen molar-refractivity contribution in [2.75, 3.05) is 5.75 Å². The van der Waals surface area contributed by atoms with Gasteiger partial charge in [0.25, 0.3) is 11.5 Å². The van der Waals surface area contributed by atoms with Gasteiger partial charge in [-0.15, -0.1) is 0 Å². The second-order valence-corrected chi connectivity index (χ2v) is 8.89. The summed E-state index contributed by atoms with van der Waals surface area (Å²) in [6.45, 7) is 0.730. The third-order valence-electron chi connectivity index (χ3n) is 5.31. The fraction of sp³-hybridized carbons (Fsp3) is 0.154. The molecule has 0 fully saturated rings. The number of carbonyl (C=O) groups is 1. The minimum Gasteiger partial charge on any atom is -0.348 e. The lowest BCUT2D eigenvalue weighted by atomic mass is 10.1. The molecule has 0 atom stereocenters. The van der Waals surface area contributed by atoms with E-state index in [2.05, 4.69) is 16.4 Å². The van der Waals surface area contributed by atoms with E-state index in [1.807, 2.05) is 48.5 Å². The predicted molar refractivity (Wildman–Crippen MR) is 135 cm³/mol. The summed E-state index contributed by atoms with van der Waals surface area (Å²) in [6, 6.07) is 24.1. The number of hydrogen-bond donors (Lipinski definition) is 1. The quantitative estimate of drug-likeness (QED) is 0.283.